The first-order valence-electron chi connectivity index (χ1n) is 6.56. The number of amides is 1. The lowest BCUT2D eigenvalue weighted by atomic mass is 10.2. The molecule has 0 aliphatic rings. The van der Waals surface area contributed by atoms with Gasteiger partial charge in [-0.1, -0.05) is 41.6 Å². The van der Waals surface area contributed by atoms with Gasteiger partial charge in [0.25, 0.3) is 0 Å². The highest BCUT2D eigenvalue weighted by Gasteiger charge is 2.16. The van der Waals surface area contributed by atoms with Crippen LogP contribution in [-0.2, 0) is 18.3 Å². The molecule has 0 aliphatic heterocycles. The summed E-state index contributed by atoms with van der Waals surface area (Å²) < 4.78 is 1.89. The lowest BCUT2D eigenvalue weighted by molar-refractivity contribution is -0.118. The van der Waals surface area contributed by atoms with Crippen LogP contribution in [0.2, 0.25) is 5.02 Å². The molecule has 0 aliphatic carbocycles. The summed E-state index contributed by atoms with van der Waals surface area (Å²) in [5.41, 5.74) is 6.22. The van der Waals surface area contributed by atoms with Crippen molar-refractivity contribution in [1.82, 2.24) is 14.8 Å². The number of hydrogen-bond acceptors (Lipinski definition) is 4. The third-order valence-electron chi connectivity index (χ3n) is 3.15. The van der Waals surface area contributed by atoms with Gasteiger partial charge in [0.2, 0.25) is 5.91 Å². The molecule has 0 saturated heterocycles. The van der Waals surface area contributed by atoms with Crippen LogP contribution in [0.15, 0.2) is 29.4 Å². The molecule has 0 saturated carbocycles. The first-order chi connectivity index (χ1) is 9.99. The van der Waals surface area contributed by atoms with E-state index in [1.807, 2.05) is 35.9 Å². The fraction of sp³-hybridized carbons (Fsp3) is 0.357. The van der Waals surface area contributed by atoms with Gasteiger partial charge in [0.05, 0.1) is 0 Å². The summed E-state index contributed by atoms with van der Waals surface area (Å²) in [6.07, 6.45) is 0.774. The van der Waals surface area contributed by atoms with Gasteiger partial charge in [-0.2, -0.15) is 0 Å². The minimum absolute atomic E-state index is 0.158. The first kappa shape index (κ1) is 15.9. The van der Waals surface area contributed by atoms with E-state index in [9.17, 15) is 4.79 Å². The second-order valence-electron chi connectivity index (χ2n) is 4.71. The van der Waals surface area contributed by atoms with E-state index in [4.69, 9.17) is 17.3 Å². The molecule has 1 atom stereocenters. The maximum atomic E-state index is 10.8. The fourth-order valence-electron chi connectivity index (χ4n) is 1.93. The van der Waals surface area contributed by atoms with Gasteiger partial charge in [-0.15, -0.1) is 10.2 Å². The molecule has 112 valence electrons. The summed E-state index contributed by atoms with van der Waals surface area (Å²) in [5.74, 6) is 0.416. The quantitative estimate of drug-likeness (QED) is 0.829. The van der Waals surface area contributed by atoms with E-state index in [1.54, 1.807) is 11.8 Å². The summed E-state index contributed by atoms with van der Waals surface area (Å²) in [6.45, 7) is 2.07. The summed E-state index contributed by atoms with van der Waals surface area (Å²) in [4.78, 5) is 10.8. The number of nitrogens with zero attached hydrogens (tertiary/aromatic N) is 3. The molecule has 0 bridgehead atoms. The van der Waals surface area contributed by atoms with Crippen molar-refractivity contribution in [1.29, 1.82) is 0 Å². The number of benzene rings is 1. The SMILES string of the molecule is C[C@@H](Sc1nnc(CCC(N)=O)n1C)c1ccccc1Cl. The lowest BCUT2D eigenvalue weighted by Crippen LogP contribution is -2.12. The predicted molar refractivity (Wildman–Crippen MR) is 84.2 cm³/mol. The number of nitrogens with two attached hydrogens (primary N) is 1. The molecule has 0 radical (unpaired) electrons. The highest BCUT2D eigenvalue weighted by atomic mass is 35.5. The minimum atomic E-state index is -0.336. The molecular weight excluding hydrogens is 308 g/mol. The average molecular weight is 325 g/mol. The third kappa shape index (κ3) is 3.98. The van der Waals surface area contributed by atoms with Crippen molar-refractivity contribution in [2.45, 2.75) is 30.2 Å². The number of hydrogen-bond donors (Lipinski definition) is 1. The zero-order chi connectivity index (χ0) is 15.4. The smallest absolute Gasteiger partial charge is 0.217 e. The number of carbonyl (C=O) groups is 1. The second kappa shape index (κ2) is 6.95. The molecule has 1 amide bonds. The number of carbonyl (C=O) groups excluding carboxylic acids is 1. The molecule has 5 nitrogen and oxygen atoms in total. The van der Waals surface area contributed by atoms with Crippen molar-refractivity contribution in [3.63, 3.8) is 0 Å². The molecule has 21 heavy (non-hydrogen) atoms. The van der Waals surface area contributed by atoms with Crippen molar-refractivity contribution in [3.05, 3.63) is 40.7 Å². The first-order valence-corrected chi connectivity index (χ1v) is 7.82. The van der Waals surface area contributed by atoms with Crippen LogP contribution in [0.1, 0.15) is 30.0 Å². The highest BCUT2D eigenvalue weighted by molar-refractivity contribution is 7.99. The van der Waals surface area contributed by atoms with Crippen LogP contribution in [-0.4, -0.2) is 20.7 Å². The molecule has 7 heteroatoms. The number of rotatable bonds is 6. The molecule has 2 aromatic rings. The van der Waals surface area contributed by atoms with E-state index in [-0.39, 0.29) is 17.6 Å². The molecular formula is C14H17ClN4OS. The summed E-state index contributed by atoms with van der Waals surface area (Å²) in [6, 6.07) is 7.76. The van der Waals surface area contributed by atoms with Crippen molar-refractivity contribution in [2.24, 2.45) is 12.8 Å². The van der Waals surface area contributed by atoms with E-state index in [0.29, 0.717) is 6.42 Å². The fourth-order valence-corrected chi connectivity index (χ4v) is 3.29. The van der Waals surface area contributed by atoms with Crippen LogP contribution in [0.5, 0.6) is 0 Å². The Hall–Kier alpha value is -1.53. The average Bonchev–Trinajstić information content (AvgIpc) is 2.78. The van der Waals surface area contributed by atoms with Gasteiger partial charge in [0.15, 0.2) is 5.16 Å². The van der Waals surface area contributed by atoms with Crippen LogP contribution >= 0.6 is 23.4 Å². The number of halogens is 1. The van der Waals surface area contributed by atoms with E-state index < -0.39 is 0 Å². The molecule has 2 N–H and O–H groups in total. The lowest BCUT2D eigenvalue weighted by Gasteiger charge is -2.12. The van der Waals surface area contributed by atoms with Gasteiger partial charge < -0.3 is 10.3 Å². The van der Waals surface area contributed by atoms with Crippen molar-refractivity contribution in [3.8, 4) is 0 Å². The van der Waals surface area contributed by atoms with Crippen molar-refractivity contribution in [2.75, 3.05) is 0 Å². The van der Waals surface area contributed by atoms with Crippen molar-refractivity contribution >= 4 is 29.3 Å². The van der Waals surface area contributed by atoms with E-state index >= 15 is 0 Å². The second-order valence-corrected chi connectivity index (χ2v) is 6.42. The summed E-state index contributed by atoms with van der Waals surface area (Å²) in [7, 11) is 1.89. The van der Waals surface area contributed by atoms with Gasteiger partial charge in [-0.25, -0.2) is 0 Å². The molecule has 0 fully saturated rings. The van der Waals surface area contributed by atoms with E-state index in [0.717, 1.165) is 21.6 Å². The van der Waals surface area contributed by atoms with Crippen LogP contribution in [0.3, 0.4) is 0 Å². The molecule has 0 spiro atoms. The number of aromatic nitrogens is 3. The summed E-state index contributed by atoms with van der Waals surface area (Å²) >= 11 is 7.79. The monoisotopic (exact) mass is 324 g/mol. The van der Waals surface area contributed by atoms with Crippen LogP contribution in [0.25, 0.3) is 0 Å². The van der Waals surface area contributed by atoms with E-state index in [1.165, 1.54) is 0 Å². The topological polar surface area (TPSA) is 73.8 Å². The molecule has 2 rings (SSSR count). The Bertz CT molecular complexity index is 644. The largest absolute Gasteiger partial charge is 0.370 e. The Kier molecular flexibility index (Phi) is 5.25. The van der Waals surface area contributed by atoms with Gasteiger partial charge in [0.1, 0.15) is 5.82 Å². The maximum absolute atomic E-state index is 10.8. The molecule has 1 aromatic carbocycles. The predicted octanol–water partition coefficient (Wildman–Crippen LogP) is 2.74. The zero-order valence-corrected chi connectivity index (χ0v) is 13.5. The Morgan fingerprint density at radius 2 is 2.14 bits per heavy atom. The third-order valence-corrected chi connectivity index (χ3v) is 4.66. The van der Waals surface area contributed by atoms with Crippen LogP contribution < -0.4 is 5.73 Å². The van der Waals surface area contributed by atoms with Gasteiger partial charge in [0, 0.05) is 30.2 Å². The molecule has 0 unspecified atom stereocenters. The van der Waals surface area contributed by atoms with Crippen molar-refractivity contribution < 1.29 is 4.79 Å². The summed E-state index contributed by atoms with van der Waals surface area (Å²) in [5, 5.41) is 9.97. The van der Waals surface area contributed by atoms with Gasteiger partial charge in [-0.05, 0) is 18.6 Å². The van der Waals surface area contributed by atoms with E-state index in [2.05, 4.69) is 17.1 Å². The van der Waals surface area contributed by atoms with Gasteiger partial charge >= 0.3 is 0 Å². The molecule has 1 heterocycles. The van der Waals surface area contributed by atoms with Crippen LogP contribution in [0.4, 0.5) is 0 Å². The Morgan fingerprint density at radius 1 is 1.43 bits per heavy atom. The number of primary amides is 1. The Balaban J connectivity index is 2.10. The number of aryl methyl sites for hydroxylation is 1. The highest BCUT2D eigenvalue weighted by Crippen LogP contribution is 2.36. The normalized spacial score (nSPS) is 12.3. The minimum Gasteiger partial charge on any atom is -0.370 e. The van der Waals surface area contributed by atoms with Crippen LogP contribution in [0, 0.1) is 0 Å². The standard InChI is InChI=1S/C14H17ClN4OS/c1-9(10-5-3-4-6-11(10)15)21-14-18-17-13(19(14)2)8-7-12(16)20/h3-6,9H,7-8H2,1-2H3,(H2,16,20)/t9-/m1/s1. The zero-order valence-electron chi connectivity index (χ0n) is 11.9. The van der Waals surface area contributed by atoms with Gasteiger partial charge in [-0.3, -0.25) is 4.79 Å². The molecule has 1 aromatic heterocycles. The Morgan fingerprint density at radius 3 is 2.81 bits per heavy atom. The number of thioether (sulfide) groups is 1. The maximum Gasteiger partial charge on any atom is 0.217 e. The Labute approximate surface area is 132 Å².